The number of benzene rings is 4. The van der Waals surface area contributed by atoms with Gasteiger partial charge in [0.05, 0.1) is 35.7 Å². The van der Waals surface area contributed by atoms with Crippen molar-refractivity contribution in [3.8, 4) is 0 Å². The first-order valence-electron chi connectivity index (χ1n) is 12.2. The van der Waals surface area contributed by atoms with E-state index in [0.29, 0.717) is 13.2 Å². The molecule has 0 saturated heterocycles. The number of anilines is 2. The van der Waals surface area contributed by atoms with Gasteiger partial charge >= 0.3 is 0 Å². The lowest BCUT2D eigenvalue weighted by atomic mass is 10.0. The molecular formula is C31H32ClFN2O. The number of nitrogens with one attached hydrogen (secondary N) is 2. The van der Waals surface area contributed by atoms with Crippen LogP contribution in [-0.2, 0) is 24.3 Å². The summed E-state index contributed by atoms with van der Waals surface area (Å²) in [5.41, 5.74) is 7.86. The van der Waals surface area contributed by atoms with E-state index in [1.807, 2.05) is 12.1 Å². The Balaban J connectivity index is 1.45. The molecule has 0 bridgehead atoms. The molecule has 1 atom stereocenters. The standard InChI is InChI=1S/C31H32ClFN2O/c1-22-7-11-24(12-8-22)17-27(21-36-20-26-15-16-29(33)28(32)18-26)35-31-6-4-3-5-30(31)34-19-25-13-9-23(2)10-14-25/h3-16,18,27,34-35H,17,19-21H2,1-2H3. The van der Waals surface area contributed by atoms with Gasteiger partial charge in [0.25, 0.3) is 0 Å². The van der Waals surface area contributed by atoms with Gasteiger partial charge in [-0.25, -0.2) is 4.39 Å². The summed E-state index contributed by atoms with van der Waals surface area (Å²) in [6, 6.07) is 30.1. The number of aryl methyl sites for hydroxylation is 2. The first-order valence-corrected chi connectivity index (χ1v) is 12.6. The van der Waals surface area contributed by atoms with E-state index in [9.17, 15) is 4.39 Å². The molecule has 4 rings (SSSR count). The Morgan fingerprint density at radius 2 is 1.39 bits per heavy atom. The van der Waals surface area contributed by atoms with Gasteiger partial charge in [-0.2, -0.15) is 0 Å². The summed E-state index contributed by atoms with van der Waals surface area (Å²) in [5, 5.41) is 7.37. The fraction of sp³-hybridized carbons (Fsp3) is 0.226. The van der Waals surface area contributed by atoms with E-state index in [2.05, 4.69) is 85.1 Å². The quantitative estimate of drug-likeness (QED) is 0.218. The number of rotatable bonds is 11. The lowest BCUT2D eigenvalue weighted by Gasteiger charge is -2.23. The van der Waals surface area contributed by atoms with Crippen molar-refractivity contribution in [2.45, 2.75) is 39.5 Å². The molecule has 1 unspecified atom stereocenters. The van der Waals surface area contributed by atoms with Gasteiger partial charge in [-0.05, 0) is 61.2 Å². The minimum atomic E-state index is -0.422. The molecule has 0 aliphatic carbocycles. The van der Waals surface area contributed by atoms with E-state index in [0.717, 1.165) is 29.9 Å². The molecule has 0 aliphatic heterocycles. The molecular weight excluding hydrogens is 471 g/mol. The molecule has 186 valence electrons. The van der Waals surface area contributed by atoms with E-state index in [-0.39, 0.29) is 11.1 Å². The highest BCUT2D eigenvalue weighted by molar-refractivity contribution is 6.30. The number of para-hydroxylation sites is 2. The lowest BCUT2D eigenvalue weighted by molar-refractivity contribution is 0.112. The highest BCUT2D eigenvalue weighted by Crippen LogP contribution is 2.24. The van der Waals surface area contributed by atoms with Gasteiger partial charge < -0.3 is 15.4 Å². The first-order chi connectivity index (χ1) is 17.5. The third-order valence-electron chi connectivity index (χ3n) is 6.06. The van der Waals surface area contributed by atoms with Crippen molar-refractivity contribution < 1.29 is 9.13 Å². The van der Waals surface area contributed by atoms with Crippen molar-refractivity contribution in [1.82, 2.24) is 0 Å². The van der Waals surface area contributed by atoms with Gasteiger partial charge in [0.2, 0.25) is 0 Å². The first kappa shape index (κ1) is 25.7. The molecule has 0 radical (unpaired) electrons. The van der Waals surface area contributed by atoms with Gasteiger partial charge in [0, 0.05) is 6.54 Å². The summed E-state index contributed by atoms with van der Waals surface area (Å²) in [4.78, 5) is 0. The molecule has 5 heteroatoms. The summed E-state index contributed by atoms with van der Waals surface area (Å²) in [6.07, 6.45) is 0.802. The predicted molar refractivity (Wildman–Crippen MR) is 148 cm³/mol. The Bertz CT molecular complexity index is 1260. The molecule has 0 saturated carbocycles. The molecule has 36 heavy (non-hydrogen) atoms. The van der Waals surface area contributed by atoms with Crippen LogP contribution < -0.4 is 10.6 Å². The summed E-state index contributed by atoms with van der Waals surface area (Å²) < 4.78 is 19.6. The third kappa shape index (κ3) is 7.58. The maximum atomic E-state index is 13.5. The normalized spacial score (nSPS) is 11.8. The van der Waals surface area contributed by atoms with Gasteiger partial charge in [0.15, 0.2) is 0 Å². The summed E-state index contributed by atoms with van der Waals surface area (Å²) in [5.74, 6) is -0.422. The molecule has 0 heterocycles. The minimum absolute atomic E-state index is 0.0333. The zero-order valence-corrected chi connectivity index (χ0v) is 21.5. The largest absolute Gasteiger partial charge is 0.379 e. The second-order valence-corrected chi connectivity index (χ2v) is 9.59. The Morgan fingerprint density at radius 3 is 2.06 bits per heavy atom. The highest BCUT2D eigenvalue weighted by atomic mass is 35.5. The molecule has 4 aromatic rings. The van der Waals surface area contributed by atoms with Crippen LogP contribution in [0.3, 0.4) is 0 Å². The summed E-state index contributed by atoms with van der Waals surface area (Å²) in [7, 11) is 0. The second kappa shape index (κ2) is 12.6. The topological polar surface area (TPSA) is 33.3 Å². The lowest BCUT2D eigenvalue weighted by Crippen LogP contribution is -2.28. The Hall–Kier alpha value is -3.34. The van der Waals surface area contributed by atoms with E-state index in [4.69, 9.17) is 16.3 Å². The predicted octanol–water partition coefficient (Wildman–Crippen LogP) is 7.95. The monoisotopic (exact) mass is 502 g/mol. The molecule has 0 spiro atoms. The SMILES string of the molecule is Cc1ccc(CNc2ccccc2NC(COCc2ccc(F)c(Cl)c2)Cc2ccc(C)cc2)cc1. The zero-order chi connectivity index (χ0) is 25.3. The van der Waals surface area contributed by atoms with Crippen LogP contribution in [0.15, 0.2) is 91.0 Å². The van der Waals surface area contributed by atoms with Crippen molar-refractivity contribution >= 4 is 23.0 Å². The summed E-state index contributed by atoms with van der Waals surface area (Å²) in [6.45, 7) is 5.77. The van der Waals surface area contributed by atoms with Crippen LogP contribution in [0.2, 0.25) is 5.02 Å². The van der Waals surface area contributed by atoms with Crippen molar-refractivity contribution in [2.24, 2.45) is 0 Å². The summed E-state index contributed by atoms with van der Waals surface area (Å²) >= 11 is 5.93. The van der Waals surface area contributed by atoms with Gasteiger partial charge in [-0.3, -0.25) is 0 Å². The van der Waals surface area contributed by atoms with Crippen molar-refractivity contribution in [3.05, 3.63) is 130 Å². The van der Waals surface area contributed by atoms with E-state index < -0.39 is 5.82 Å². The fourth-order valence-electron chi connectivity index (χ4n) is 4.00. The number of hydrogen-bond donors (Lipinski definition) is 2. The number of hydrogen-bond acceptors (Lipinski definition) is 3. The molecule has 0 aliphatic rings. The smallest absolute Gasteiger partial charge is 0.141 e. The van der Waals surface area contributed by atoms with E-state index >= 15 is 0 Å². The van der Waals surface area contributed by atoms with Crippen LogP contribution in [0.1, 0.15) is 27.8 Å². The maximum absolute atomic E-state index is 13.5. The molecule has 0 amide bonds. The number of halogens is 2. The van der Waals surface area contributed by atoms with Crippen LogP contribution in [0.4, 0.5) is 15.8 Å². The van der Waals surface area contributed by atoms with Crippen LogP contribution in [0.5, 0.6) is 0 Å². The molecule has 2 N–H and O–H groups in total. The zero-order valence-electron chi connectivity index (χ0n) is 20.7. The Labute approximate surface area is 218 Å². The van der Waals surface area contributed by atoms with Crippen molar-refractivity contribution in [3.63, 3.8) is 0 Å². The van der Waals surface area contributed by atoms with E-state index in [1.54, 1.807) is 12.1 Å². The molecule has 4 aromatic carbocycles. The highest BCUT2D eigenvalue weighted by Gasteiger charge is 2.13. The third-order valence-corrected chi connectivity index (χ3v) is 6.35. The van der Waals surface area contributed by atoms with Crippen LogP contribution in [0, 0.1) is 19.7 Å². The maximum Gasteiger partial charge on any atom is 0.141 e. The number of ether oxygens (including phenoxy) is 1. The average Bonchev–Trinajstić information content (AvgIpc) is 2.88. The van der Waals surface area contributed by atoms with Gasteiger partial charge in [-0.1, -0.05) is 89.5 Å². The van der Waals surface area contributed by atoms with Gasteiger partial charge in [0.1, 0.15) is 5.82 Å². The van der Waals surface area contributed by atoms with Crippen LogP contribution in [-0.4, -0.2) is 12.6 Å². The van der Waals surface area contributed by atoms with Gasteiger partial charge in [-0.15, -0.1) is 0 Å². The minimum Gasteiger partial charge on any atom is -0.379 e. The average molecular weight is 503 g/mol. The molecule has 0 fully saturated rings. The van der Waals surface area contributed by atoms with Crippen molar-refractivity contribution in [2.75, 3.05) is 17.2 Å². The second-order valence-electron chi connectivity index (χ2n) is 9.18. The Morgan fingerprint density at radius 1 is 0.778 bits per heavy atom. The van der Waals surface area contributed by atoms with Crippen LogP contribution in [0.25, 0.3) is 0 Å². The van der Waals surface area contributed by atoms with Crippen molar-refractivity contribution in [1.29, 1.82) is 0 Å². The molecule has 0 aromatic heterocycles. The molecule has 3 nitrogen and oxygen atoms in total. The Kier molecular flexibility index (Phi) is 8.99. The van der Waals surface area contributed by atoms with Crippen LogP contribution >= 0.6 is 11.6 Å². The van der Waals surface area contributed by atoms with E-state index in [1.165, 1.54) is 28.3 Å². The fourth-order valence-corrected chi connectivity index (χ4v) is 4.20.